The Balaban J connectivity index is 4.73. The zero-order chi connectivity index (χ0) is 20.1. The summed E-state index contributed by atoms with van der Waals surface area (Å²) in [6.07, 6.45) is 4.18. The fourth-order valence-electron chi connectivity index (χ4n) is 2.44. The molecular weight excluding hydrogens is 372 g/mol. The van der Waals surface area contributed by atoms with Crippen LogP contribution in [0.1, 0.15) is 40.5 Å². The molecule has 0 rings (SSSR count). The Hall–Kier alpha value is 0.620. The molecule has 3 atom stereocenters. The van der Waals surface area contributed by atoms with Gasteiger partial charge in [0, 0.05) is 48.1 Å². The average Bonchev–Trinajstić information content (AvgIpc) is 2.67. The van der Waals surface area contributed by atoms with E-state index in [2.05, 4.69) is 18.7 Å². The molecule has 0 saturated carbocycles. The maximum Gasteiger partial charge on any atom is 0.180 e. The van der Waals surface area contributed by atoms with Crippen LogP contribution < -0.4 is 0 Å². The summed E-state index contributed by atoms with van der Waals surface area (Å²) in [5.41, 5.74) is -0.992. The lowest BCUT2D eigenvalue weighted by Crippen LogP contribution is -2.41. The van der Waals surface area contributed by atoms with Crippen LogP contribution in [-0.2, 0) is 23.7 Å². The second-order valence-electron chi connectivity index (χ2n) is 6.33. The first-order valence-corrected chi connectivity index (χ1v) is 11.8. The van der Waals surface area contributed by atoms with E-state index < -0.39 is 11.1 Å². The van der Waals surface area contributed by atoms with Crippen LogP contribution in [0.2, 0.25) is 0 Å². The van der Waals surface area contributed by atoms with Crippen molar-refractivity contribution in [3.05, 3.63) is 0 Å². The second-order valence-corrected chi connectivity index (χ2v) is 9.85. The van der Waals surface area contributed by atoms with E-state index in [-0.39, 0.29) is 6.23 Å². The molecule has 0 saturated heterocycles. The molecule has 158 valence electrons. The molecule has 0 fully saturated rings. The Morgan fingerprint density at radius 2 is 1.23 bits per heavy atom. The van der Waals surface area contributed by atoms with Gasteiger partial charge in [0.1, 0.15) is 6.23 Å². The third-order valence-electron chi connectivity index (χ3n) is 4.52. The van der Waals surface area contributed by atoms with Crippen LogP contribution in [-0.4, -0.2) is 82.6 Å². The van der Waals surface area contributed by atoms with Crippen LogP contribution in [0.4, 0.5) is 0 Å². The number of nitrogens with zero attached hydrogens (tertiary/aromatic N) is 1. The summed E-state index contributed by atoms with van der Waals surface area (Å²) in [7, 11) is 7.94. The zero-order valence-electron chi connectivity index (χ0n) is 18.0. The SMILES string of the molecule is CCCOC(CC)N(CCPC(C)(OC)OC)CCPC(C)(OC)OC. The summed E-state index contributed by atoms with van der Waals surface area (Å²) >= 11 is 0. The summed E-state index contributed by atoms with van der Waals surface area (Å²) in [6.45, 7) is 11.0. The van der Waals surface area contributed by atoms with Crippen LogP contribution in [0, 0.1) is 0 Å². The van der Waals surface area contributed by atoms with Crippen LogP contribution in [0.15, 0.2) is 0 Å². The van der Waals surface area contributed by atoms with E-state index in [0.29, 0.717) is 17.2 Å². The third-order valence-corrected chi connectivity index (χ3v) is 7.57. The van der Waals surface area contributed by atoms with Crippen LogP contribution in [0.3, 0.4) is 0 Å². The molecule has 0 aromatic heterocycles. The molecule has 0 amide bonds. The van der Waals surface area contributed by atoms with Crippen molar-refractivity contribution in [3.8, 4) is 0 Å². The molecule has 0 aliphatic rings. The molecule has 0 aliphatic carbocycles. The fraction of sp³-hybridized carbons (Fsp3) is 1.00. The maximum atomic E-state index is 6.08. The lowest BCUT2D eigenvalue weighted by atomic mass is 10.3. The zero-order valence-corrected chi connectivity index (χ0v) is 20.0. The molecule has 3 unspecified atom stereocenters. The van der Waals surface area contributed by atoms with Gasteiger partial charge in [-0.3, -0.25) is 4.90 Å². The number of methoxy groups -OCH3 is 4. The van der Waals surface area contributed by atoms with E-state index in [1.165, 1.54) is 0 Å². The maximum absolute atomic E-state index is 6.08. The topological polar surface area (TPSA) is 49.4 Å². The van der Waals surface area contributed by atoms with Gasteiger partial charge in [0.2, 0.25) is 0 Å². The van der Waals surface area contributed by atoms with Crippen LogP contribution in [0.25, 0.3) is 0 Å². The molecule has 0 spiro atoms. The quantitative estimate of drug-likeness (QED) is 0.267. The Labute approximate surface area is 164 Å². The van der Waals surface area contributed by atoms with Crippen molar-refractivity contribution >= 4 is 17.2 Å². The van der Waals surface area contributed by atoms with Crippen molar-refractivity contribution < 1.29 is 23.7 Å². The first-order chi connectivity index (χ1) is 12.3. The average molecular weight is 413 g/mol. The Morgan fingerprint density at radius 3 is 1.54 bits per heavy atom. The molecule has 0 aromatic carbocycles. The van der Waals surface area contributed by atoms with Crippen LogP contribution >= 0.6 is 17.2 Å². The van der Waals surface area contributed by atoms with Crippen molar-refractivity contribution in [2.75, 3.05) is 60.5 Å². The van der Waals surface area contributed by atoms with Gasteiger partial charge in [0.05, 0.1) is 0 Å². The summed E-state index contributed by atoms with van der Waals surface area (Å²) in [4.78, 5) is 2.44. The molecule has 0 aromatic rings. The van der Waals surface area contributed by atoms with Crippen molar-refractivity contribution in [2.24, 2.45) is 0 Å². The highest BCUT2D eigenvalue weighted by atomic mass is 31.1. The molecule has 0 N–H and O–H groups in total. The molecule has 0 heterocycles. The normalized spacial score (nSPS) is 15.1. The molecule has 0 aliphatic heterocycles. The molecule has 0 bridgehead atoms. The summed E-state index contributed by atoms with van der Waals surface area (Å²) < 4.78 is 28.0. The number of ether oxygens (including phenoxy) is 5. The Kier molecular flexibility index (Phi) is 14.9. The van der Waals surface area contributed by atoms with Gasteiger partial charge in [-0.1, -0.05) is 31.0 Å². The van der Waals surface area contributed by atoms with E-state index in [9.17, 15) is 0 Å². The minimum Gasteiger partial charge on any atom is -0.363 e. The summed E-state index contributed by atoms with van der Waals surface area (Å²) in [6, 6.07) is 0. The lowest BCUT2D eigenvalue weighted by Gasteiger charge is -2.34. The minimum atomic E-state index is -0.496. The largest absolute Gasteiger partial charge is 0.363 e. The Bertz CT molecular complexity index is 318. The first-order valence-electron chi connectivity index (χ1n) is 9.39. The molecule has 6 nitrogen and oxygen atoms in total. The van der Waals surface area contributed by atoms with E-state index in [1.54, 1.807) is 28.4 Å². The van der Waals surface area contributed by atoms with Gasteiger partial charge in [-0.05, 0) is 39.0 Å². The molecule has 8 heteroatoms. The van der Waals surface area contributed by atoms with Crippen molar-refractivity contribution in [1.29, 1.82) is 0 Å². The van der Waals surface area contributed by atoms with E-state index in [1.807, 2.05) is 13.8 Å². The van der Waals surface area contributed by atoms with Crippen molar-refractivity contribution in [1.82, 2.24) is 4.90 Å². The van der Waals surface area contributed by atoms with Gasteiger partial charge < -0.3 is 23.7 Å². The summed E-state index contributed by atoms with van der Waals surface area (Å²) in [5.74, 6) is 0. The van der Waals surface area contributed by atoms with Gasteiger partial charge in [0.25, 0.3) is 0 Å². The number of rotatable bonds is 17. The third kappa shape index (κ3) is 10.2. The first kappa shape index (κ1) is 26.6. The molecule has 26 heavy (non-hydrogen) atoms. The minimum absolute atomic E-state index is 0.150. The van der Waals surface area contributed by atoms with E-state index >= 15 is 0 Å². The Morgan fingerprint density at radius 1 is 0.808 bits per heavy atom. The summed E-state index contributed by atoms with van der Waals surface area (Å²) in [5, 5.41) is 0. The highest BCUT2D eigenvalue weighted by molar-refractivity contribution is 7.39. The molecular formula is C18H41NO5P2. The van der Waals surface area contributed by atoms with Crippen molar-refractivity contribution in [3.63, 3.8) is 0 Å². The predicted octanol–water partition coefficient (Wildman–Crippen LogP) is 3.74. The predicted molar refractivity (Wildman–Crippen MR) is 113 cm³/mol. The standard InChI is InChI=1S/C18H41NO5P2/c1-9-13-24-16(10-2)19(11-14-25-17(3,20-5)21-6)12-15-26-18(4,22-7)23-8/h16,25-26H,9-15H2,1-8H3. The number of hydrogen-bond donors (Lipinski definition) is 0. The number of hydrogen-bond acceptors (Lipinski definition) is 6. The monoisotopic (exact) mass is 413 g/mol. The smallest absolute Gasteiger partial charge is 0.180 e. The lowest BCUT2D eigenvalue weighted by molar-refractivity contribution is -0.123. The van der Waals surface area contributed by atoms with Gasteiger partial charge in [0.15, 0.2) is 11.1 Å². The highest BCUT2D eigenvalue weighted by Crippen LogP contribution is 2.34. The van der Waals surface area contributed by atoms with E-state index in [4.69, 9.17) is 23.7 Å². The fourth-order valence-corrected chi connectivity index (χ4v) is 4.73. The van der Waals surface area contributed by atoms with E-state index in [0.717, 1.165) is 44.9 Å². The van der Waals surface area contributed by atoms with Gasteiger partial charge in [-0.15, -0.1) is 0 Å². The second kappa shape index (κ2) is 14.6. The van der Waals surface area contributed by atoms with Crippen LogP contribution in [0.5, 0.6) is 0 Å². The highest BCUT2D eigenvalue weighted by Gasteiger charge is 2.26. The van der Waals surface area contributed by atoms with Gasteiger partial charge in [-0.2, -0.15) is 0 Å². The molecule has 0 radical (unpaired) electrons. The van der Waals surface area contributed by atoms with Crippen molar-refractivity contribution in [2.45, 2.75) is 57.8 Å². The van der Waals surface area contributed by atoms with Gasteiger partial charge >= 0.3 is 0 Å². The van der Waals surface area contributed by atoms with Gasteiger partial charge in [-0.25, -0.2) is 0 Å².